The van der Waals surface area contributed by atoms with Crippen molar-refractivity contribution in [2.75, 3.05) is 13.2 Å². The van der Waals surface area contributed by atoms with Gasteiger partial charge in [-0.05, 0) is 0 Å². The van der Waals surface area contributed by atoms with Crippen LogP contribution in [0.15, 0.2) is 0 Å². The minimum atomic E-state index is -4.84. The standard InChI is InChI=1S/C8H9F4NO4/c9-6(10)8(11,12)7(16)13-4-2-17-1-3(4)5(14)15/h3-4,6H,1-2H2,(H,13,16)(H,14,15). The molecule has 1 saturated heterocycles. The zero-order valence-electron chi connectivity index (χ0n) is 8.33. The Morgan fingerprint density at radius 3 is 2.41 bits per heavy atom. The second-order valence-corrected chi connectivity index (χ2v) is 3.49. The van der Waals surface area contributed by atoms with Gasteiger partial charge in [0.15, 0.2) is 0 Å². The number of hydrogen-bond acceptors (Lipinski definition) is 3. The van der Waals surface area contributed by atoms with Crippen molar-refractivity contribution in [2.24, 2.45) is 5.92 Å². The summed E-state index contributed by atoms with van der Waals surface area (Å²) in [6, 6.07) is -1.23. The average molecular weight is 259 g/mol. The van der Waals surface area contributed by atoms with Crippen LogP contribution < -0.4 is 5.32 Å². The first-order valence-corrected chi connectivity index (χ1v) is 4.54. The molecule has 1 heterocycles. The number of nitrogens with one attached hydrogen (secondary N) is 1. The highest BCUT2D eigenvalue weighted by molar-refractivity contribution is 5.85. The van der Waals surface area contributed by atoms with Gasteiger partial charge in [0.25, 0.3) is 5.91 Å². The lowest BCUT2D eigenvalue weighted by Gasteiger charge is -2.20. The molecule has 2 N–H and O–H groups in total. The van der Waals surface area contributed by atoms with Gasteiger partial charge >= 0.3 is 18.3 Å². The van der Waals surface area contributed by atoms with Crippen LogP contribution in [-0.2, 0) is 14.3 Å². The SMILES string of the molecule is O=C(O)C1COCC1NC(=O)C(F)(F)C(F)F. The van der Waals surface area contributed by atoms with Crippen LogP contribution in [0.2, 0.25) is 0 Å². The Hall–Kier alpha value is -1.38. The molecule has 5 nitrogen and oxygen atoms in total. The monoisotopic (exact) mass is 259 g/mol. The quantitative estimate of drug-likeness (QED) is 0.702. The van der Waals surface area contributed by atoms with Crippen LogP contribution in [0, 0.1) is 5.92 Å². The van der Waals surface area contributed by atoms with Crippen molar-refractivity contribution in [2.45, 2.75) is 18.4 Å². The van der Waals surface area contributed by atoms with Crippen LogP contribution in [0.1, 0.15) is 0 Å². The molecule has 0 aliphatic carbocycles. The largest absolute Gasteiger partial charge is 0.481 e. The fourth-order valence-corrected chi connectivity index (χ4v) is 1.30. The second kappa shape index (κ2) is 4.86. The van der Waals surface area contributed by atoms with E-state index in [0.717, 1.165) is 0 Å². The lowest BCUT2D eigenvalue weighted by molar-refractivity contribution is -0.170. The van der Waals surface area contributed by atoms with Crippen molar-refractivity contribution < 1.29 is 37.0 Å². The Labute approximate surface area is 92.7 Å². The normalized spacial score (nSPS) is 25.0. The zero-order valence-corrected chi connectivity index (χ0v) is 8.33. The maximum absolute atomic E-state index is 12.6. The van der Waals surface area contributed by atoms with E-state index in [1.165, 1.54) is 0 Å². The van der Waals surface area contributed by atoms with E-state index in [1.54, 1.807) is 5.32 Å². The zero-order chi connectivity index (χ0) is 13.2. The van der Waals surface area contributed by atoms with E-state index >= 15 is 0 Å². The van der Waals surface area contributed by atoms with Crippen molar-refractivity contribution >= 4 is 11.9 Å². The minimum Gasteiger partial charge on any atom is -0.481 e. The summed E-state index contributed by atoms with van der Waals surface area (Å²) in [4.78, 5) is 21.5. The summed E-state index contributed by atoms with van der Waals surface area (Å²) in [6.45, 7) is -0.567. The number of hydrogen-bond donors (Lipinski definition) is 2. The number of rotatable bonds is 4. The highest BCUT2D eigenvalue weighted by Gasteiger charge is 2.50. The first kappa shape index (κ1) is 13.7. The molecule has 0 aromatic rings. The number of ether oxygens (including phenoxy) is 1. The molecule has 0 bridgehead atoms. The second-order valence-electron chi connectivity index (χ2n) is 3.49. The summed E-state index contributed by atoms with van der Waals surface area (Å²) in [5.74, 6) is -9.61. The van der Waals surface area contributed by atoms with Gasteiger partial charge in [0.1, 0.15) is 5.92 Å². The Kier molecular flexibility index (Phi) is 3.91. The first-order chi connectivity index (χ1) is 7.76. The van der Waals surface area contributed by atoms with Crippen molar-refractivity contribution in [1.29, 1.82) is 0 Å². The summed E-state index contributed by atoms with van der Waals surface area (Å²) in [5.41, 5.74) is 0. The summed E-state index contributed by atoms with van der Waals surface area (Å²) in [5, 5.41) is 10.2. The summed E-state index contributed by atoms with van der Waals surface area (Å²) in [6.07, 6.45) is -4.15. The van der Waals surface area contributed by atoms with Gasteiger partial charge in [-0.3, -0.25) is 9.59 Å². The number of carbonyl (C=O) groups is 2. The van der Waals surface area contributed by atoms with E-state index in [9.17, 15) is 27.2 Å². The predicted molar refractivity (Wildman–Crippen MR) is 44.8 cm³/mol. The van der Waals surface area contributed by atoms with Crippen molar-refractivity contribution in [3.8, 4) is 0 Å². The summed E-state index contributed by atoms with van der Waals surface area (Å²) < 4.78 is 53.5. The van der Waals surface area contributed by atoms with Crippen LogP contribution in [-0.4, -0.2) is 48.6 Å². The van der Waals surface area contributed by atoms with Crippen LogP contribution in [0.25, 0.3) is 0 Å². The Bertz CT molecular complexity index is 323. The molecular weight excluding hydrogens is 250 g/mol. The van der Waals surface area contributed by atoms with Crippen LogP contribution in [0.5, 0.6) is 0 Å². The van der Waals surface area contributed by atoms with Crippen molar-refractivity contribution in [3.05, 3.63) is 0 Å². The molecule has 1 rings (SSSR count). The van der Waals surface area contributed by atoms with E-state index in [4.69, 9.17) is 5.11 Å². The molecule has 2 unspecified atom stereocenters. The van der Waals surface area contributed by atoms with Gasteiger partial charge in [-0.1, -0.05) is 0 Å². The molecule has 0 aromatic carbocycles. The first-order valence-electron chi connectivity index (χ1n) is 4.54. The lowest BCUT2D eigenvalue weighted by Crippen LogP contribution is -2.52. The van der Waals surface area contributed by atoms with Crippen molar-refractivity contribution in [3.63, 3.8) is 0 Å². The molecule has 9 heteroatoms. The van der Waals surface area contributed by atoms with E-state index in [-0.39, 0.29) is 13.2 Å². The lowest BCUT2D eigenvalue weighted by atomic mass is 10.0. The molecule has 1 aliphatic rings. The fourth-order valence-electron chi connectivity index (χ4n) is 1.30. The number of halogens is 4. The number of carbonyl (C=O) groups excluding carboxylic acids is 1. The number of alkyl halides is 4. The van der Waals surface area contributed by atoms with Gasteiger partial charge in [0, 0.05) is 0 Å². The number of aliphatic carboxylic acids is 1. The molecular formula is C8H9F4NO4. The van der Waals surface area contributed by atoms with Gasteiger partial charge in [-0.2, -0.15) is 8.78 Å². The molecule has 0 radical (unpaired) electrons. The van der Waals surface area contributed by atoms with Gasteiger partial charge in [0.2, 0.25) is 0 Å². The third-order valence-electron chi connectivity index (χ3n) is 2.29. The molecule has 17 heavy (non-hydrogen) atoms. The Morgan fingerprint density at radius 1 is 1.35 bits per heavy atom. The Balaban J connectivity index is 2.66. The number of carboxylic acid groups (broad SMARTS) is 1. The third kappa shape index (κ3) is 2.84. The number of carboxylic acids is 1. The predicted octanol–water partition coefficient (Wildman–Crippen LogP) is 0.103. The molecule has 0 saturated carbocycles. The van der Waals surface area contributed by atoms with Crippen LogP contribution >= 0.6 is 0 Å². The maximum Gasteiger partial charge on any atom is 0.383 e. The topological polar surface area (TPSA) is 75.6 Å². The molecule has 1 amide bonds. The van der Waals surface area contributed by atoms with Crippen LogP contribution in [0.3, 0.4) is 0 Å². The van der Waals surface area contributed by atoms with Gasteiger partial charge < -0.3 is 15.2 Å². The molecule has 1 fully saturated rings. The van der Waals surface area contributed by atoms with E-state index < -0.39 is 36.2 Å². The molecule has 2 atom stereocenters. The summed E-state index contributed by atoms with van der Waals surface area (Å²) in [7, 11) is 0. The van der Waals surface area contributed by atoms with Crippen LogP contribution in [0.4, 0.5) is 17.6 Å². The average Bonchev–Trinajstić information content (AvgIpc) is 2.65. The van der Waals surface area contributed by atoms with E-state index in [0.29, 0.717) is 0 Å². The molecule has 0 aromatic heterocycles. The maximum atomic E-state index is 12.6. The van der Waals surface area contributed by atoms with E-state index in [1.807, 2.05) is 0 Å². The molecule has 1 aliphatic heterocycles. The third-order valence-corrected chi connectivity index (χ3v) is 2.29. The molecule has 0 spiro atoms. The van der Waals surface area contributed by atoms with Crippen molar-refractivity contribution in [1.82, 2.24) is 5.32 Å². The highest BCUT2D eigenvalue weighted by atomic mass is 19.3. The molecule has 98 valence electrons. The number of amides is 1. The minimum absolute atomic E-state index is 0.263. The summed E-state index contributed by atoms with van der Waals surface area (Å²) >= 11 is 0. The highest BCUT2D eigenvalue weighted by Crippen LogP contribution is 2.24. The van der Waals surface area contributed by atoms with Gasteiger partial charge in [-0.25, -0.2) is 8.78 Å². The Morgan fingerprint density at radius 2 is 1.94 bits per heavy atom. The van der Waals surface area contributed by atoms with Gasteiger partial charge in [0.05, 0.1) is 19.3 Å². The van der Waals surface area contributed by atoms with Gasteiger partial charge in [-0.15, -0.1) is 0 Å². The smallest absolute Gasteiger partial charge is 0.383 e. The fraction of sp³-hybridized carbons (Fsp3) is 0.750. The van der Waals surface area contributed by atoms with E-state index in [2.05, 4.69) is 4.74 Å².